The third-order valence-corrected chi connectivity index (χ3v) is 4.50. The van der Waals surface area contributed by atoms with E-state index in [1.54, 1.807) is 0 Å². The van der Waals surface area contributed by atoms with Crippen LogP contribution >= 0.6 is 15.9 Å². The summed E-state index contributed by atoms with van der Waals surface area (Å²) >= 11 is 3.48. The number of nitrogens with zero attached hydrogens (tertiary/aromatic N) is 2. The zero-order valence-electron chi connectivity index (χ0n) is 11.4. The van der Waals surface area contributed by atoms with Crippen LogP contribution in [0.3, 0.4) is 0 Å². The molecule has 1 aromatic carbocycles. The van der Waals surface area contributed by atoms with Gasteiger partial charge in [0.25, 0.3) is 0 Å². The van der Waals surface area contributed by atoms with Gasteiger partial charge in [0.05, 0.1) is 0 Å². The third kappa shape index (κ3) is 3.81. The molecule has 1 aliphatic heterocycles. The van der Waals surface area contributed by atoms with Crippen LogP contribution in [-0.2, 0) is 6.54 Å². The number of halogens is 1. The molecule has 0 bridgehead atoms. The third-order valence-electron chi connectivity index (χ3n) is 3.97. The fourth-order valence-corrected chi connectivity index (χ4v) is 2.95. The van der Waals surface area contributed by atoms with Gasteiger partial charge in [0.15, 0.2) is 0 Å². The zero-order chi connectivity index (χ0) is 13.0. The Morgan fingerprint density at radius 1 is 1.22 bits per heavy atom. The van der Waals surface area contributed by atoms with Gasteiger partial charge in [0, 0.05) is 17.1 Å². The minimum Gasteiger partial charge on any atom is -0.303 e. The maximum absolute atomic E-state index is 3.48. The van der Waals surface area contributed by atoms with Gasteiger partial charge >= 0.3 is 0 Å². The molecule has 1 heterocycles. The first-order valence-electron chi connectivity index (χ1n) is 6.86. The first-order chi connectivity index (χ1) is 8.69. The summed E-state index contributed by atoms with van der Waals surface area (Å²) in [5.41, 5.74) is 1.40. The topological polar surface area (TPSA) is 6.48 Å². The highest BCUT2D eigenvalue weighted by Crippen LogP contribution is 2.18. The largest absolute Gasteiger partial charge is 0.303 e. The number of likely N-dealkylation sites (tertiary alicyclic amines) is 1. The Kier molecular flexibility index (Phi) is 5.22. The van der Waals surface area contributed by atoms with E-state index in [0.717, 1.165) is 17.1 Å². The molecular weight excluding hydrogens is 288 g/mol. The van der Waals surface area contributed by atoms with E-state index in [9.17, 15) is 0 Å². The normalized spacial score (nSPS) is 18.4. The summed E-state index contributed by atoms with van der Waals surface area (Å²) < 4.78 is 1.16. The van der Waals surface area contributed by atoms with Gasteiger partial charge in [-0.15, -0.1) is 0 Å². The number of hydrogen-bond donors (Lipinski definition) is 0. The summed E-state index contributed by atoms with van der Waals surface area (Å²) in [5.74, 6) is 0. The SMILES string of the molecule is CCN1CCC(N(C)Cc2ccc(Br)cc2)CC1. The van der Waals surface area contributed by atoms with E-state index < -0.39 is 0 Å². The lowest BCUT2D eigenvalue weighted by Gasteiger charge is -2.36. The number of rotatable bonds is 4. The van der Waals surface area contributed by atoms with Crippen LogP contribution in [0.2, 0.25) is 0 Å². The van der Waals surface area contributed by atoms with Crippen molar-refractivity contribution in [3.05, 3.63) is 34.3 Å². The maximum Gasteiger partial charge on any atom is 0.0233 e. The Balaban J connectivity index is 1.85. The van der Waals surface area contributed by atoms with Gasteiger partial charge in [-0.25, -0.2) is 0 Å². The highest BCUT2D eigenvalue weighted by molar-refractivity contribution is 9.10. The van der Waals surface area contributed by atoms with Crippen molar-refractivity contribution in [3.8, 4) is 0 Å². The van der Waals surface area contributed by atoms with Gasteiger partial charge in [0.1, 0.15) is 0 Å². The fraction of sp³-hybridized carbons (Fsp3) is 0.600. The fourth-order valence-electron chi connectivity index (χ4n) is 2.68. The molecule has 2 nitrogen and oxygen atoms in total. The van der Waals surface area contributed by atoms with E-state index in [4.69, 9.17) is 0 Å². The zero-order valence-corrected chi connectivity index (χ0v) is 13.0. The standard InChI is InChI=1S/C15H23BrN2/c1-3-18-10-8-15(9-11-18)17(2)12-13-4-6-14(16)7-5-13/h4-7,15H,3,8-12H2,1-2H3. The predicted octanol–water partition coefficient (Wildman–Crippen LogP) is 3.37. The molecule has 0 aliphatic carbocycles. The minimum atomic E-state index is 0.747. The van der Waals surface area contributed by atoms with Crippen LogP contribution in [0.1, 0.15) is 25.3 Å². The molecule has 0 saturated carbocycles. The highest BCUT2D eigenvalue weighted by Gasteiger charge is 2.21. The molecule has 1 saturated heterocycles. The van der Waals surface area contributed by atoms with E-state index in [1.807, 2.05) is 0 Å². The van der Waals surface area contributed by atoms with Crippen molar-refractivity contribution in [1.82, 2.24) is 9.80 Å². The molecular formula is C15H23BrN2. The second kappa shape index (κ2) is 6.69. The summed E-state index contributed by atoms with van der Waals surface area (Å²) in [6.45, 7) is 7.02. The van der Waals surface area contributed by atoms with Crippen molar-refractivity contribution in [1.29, 1.82) is 0 Å². The summed E-state index contributed by atoms with van der Waals surface area (Å²) in [6.07, 6.45) is 2.61. The number of piperidine rings is 1. The molecule has 1 aromatic rings. The Hall–Kier alpha value is -0.380. The maximum atomic E-state index is 3.48. The lowest BCUT2D eigenvalue weighted by atomic mass is 10.0. The van der Waals surface area contributed by atoms with Gasteiger partial charge in [0.2, 0.25) is 0 Å². The molecule has 100 valence electrons. The van der Waals surface area contributed by atoms with E-state index in [2.05, 4.69) is 64.0 Å². The second-order valence-electron chi connectivity index (χ2n) is 5.21. The van der Waals surface area contributed by atoms with Crippen molar-refractivity contribution < 1.29 is 0 Å². The predicted molar refractivity (Wildman–Crippen MR) is 80.7 cm³/mol. The first-order valence-corrected chi connectivity index (χ1v) is 7.65. The average molecular weight is 311 g/mol. The van der Waals surface area contributed by atoms with Gasteiger partial charge in [-0.2, -0.15) is 0 Å². The van der Waals surface area contributed by atoms with Crippen LogP contribution in [-0.4, -0.2) is 42.5 Å². The van der Waals surface area contributed by atoms with Crippen molar-refractivity contribution in [2.24, 2.45) is 0 Å². The Morgan fingerprint density at radius 2 is 1.83 bits per heavy atom. The molecule has 2 rings (SSSR count). The van der Waals surface area contributed by atoms with Gasteiger partial charge in [-0.3, -0.25) is 4.90 Å². The molecule has 0 aromatic heterocycles. The average Bonchev–Trinajstić information content (AvgIpc) is 2.41. The van der Waals surface area contributed by atoms with E-state index in [1.165, 1.54) is 38.0 Å². The summed E-state index contributed by atoms with van der Waals surface area (Å²) in [6, 6.07) is 9.42. The second-order valence-corrected chi connectivity index (χ2v) is 6.12. The Morgan fingerprint density at radius 3 is 2.39 bits per heavy atom. The van der Waals surface area contributed by atoms with Crippen LogP contribution in [0, 0.1) is 0 Å². The van der Waals surface area contributed by atoms with Gasteiger partial charge in [-0.05, 0) is 57.2 Å². The van der Waals surface area contributed by atoms with E-state index in [-0.39, 0.29) is 0 Å². The van der Waals surface area contributed by atoms with Crippen LogP contribution in [0.15, 0.2) is 28.7 Å². The first kappa shape index (κ1) is 14.0. The Labute approximate surface area is 119 Å². The lowest BCUT2D eigenvalue weighted by molar-refractivity contribution is 0.127. The number of benzene rings is 1. The molecule has 1 fully saturated rings. The van der Waals surface area contributed by atoms with Crippen molar-refractivity contribution in [3.63, 3.8) is 0 Å². The highest BCUT2D eigenvalue weighted by atomic mass is 79.9. The smallest absolute Gasteiger partial charge is 0.0233 e. The van der Waals surface area contributed by atoms with E-state index in [0.29, 0.717) is 0 Å². The lowest BCUT2D eigenvalue weighted by Crippen LogP contribution is -2.42. The molecule has 0 spiro atoms. The van der Waals surface area contributed by atoms with Crippen LogP contribution in [0.25, 0.3) is 0 Å². The van der Waals surface area contributed by atoms with Crippen LogP contribution < -0.4 is 0 Å². The molecule has 0 radical (unpaired) electrons. The summed E-state index contributed by atoms with van der Waals surface area (Å²) in [7, 11) is 2.26. The molecule has 1 aliphatic rings. The van der Waals surface area contributed by atoms with Crippen molar-refractivity contribution >= 4 is 15.9 Å². The molecule has 18 heavy (non-hydrogen) atoms. The molecule has 0 unspecified atom stereocenters. The monoisotopic (exact) mass is 310 g/mol. The van der Waals surface area contributed by atoms with Crippen molar-refractivity contribution in [2.75, 3.05) is 26.7 Å². The number of hydrogen-bond acceptors (Lipinski definition) is 2. The van der Waals surface area contributed by atoms with Gasteiger partial charge < -0.3 is 4.90 Å². The van der Waals surface area contributed by atoms with Crippen molar-refractivity contribution in [2.45, 2.75) is 32.4 Å². The quantitative estimate of drug-likeness (QED) is 0.841. The van der Waals surface area contributed by atoms with Crippen LogP contribution in [0.5, 0.6) is 0 Å². The molecule has 3 heteroatoms. The summed E-state index contributed by atoms with van der Waals surface area (Å²) in [5, 5.41) is 0. The molecule has 0 amide bonds. The van der Waals surface area contributed by atoms with E-state index >= 15 is 0 Å². The van der Waals surface area contributed by atoms with Gasteiger partial charge in [-0.1, -0.05) is 35.0 Å². The Bertz CT molecular complexity index is 355. The van der Waals surface area contributed by atoms with Crippen LogP contribution in [0.4, 0.5) is 0 Å². The summed E-state index contributed by atoms with van der Waals surface area (Å²) in [4.78, 5) is 5.06. The molecule has 0 N–H and O–H groups in total. The minimum absolute atomic E-state index is 0.747. The molecule has 0 atom stereocenters.